The molecule has 2 saturated heterocycles. The third-order valence-corrected chi connectivity index (χ3v) is 21.5. The number of benzene rings is 2. The number of nitrogens with zero attached hydrogens (tertiary/aromatic N) is 4. The molecule has 5 aliphatic carbocycles. The molecular weight excluding hydrogens is 1430 g/mol. The van der Waals surface area contributed by atoms with E-state index in [0.29, 0.717) is 49.7 Å². The summed E-state index contributed by atoms with van der Waals surface area (Å²) in [4.78, 5) is 121. The summed E-state index contributed by atoms with van der Waals surface area (Å²) in [7, 11) is -7.43. The summed E-state index contributed by atoms with van der Waals surface area (Å²) in [6.07, 6.45) is 0.405. The van der Waals surface area contributed by atoms with Crippen molar-refractivity contribution in [3.63, 3.8) is 0 Å². The lowest BCUT2D eigenvalue weighted by molar-refractivity contribution is -0.143. The van der Waals surface area contributed by atoms with Crippen LogP contribution in [-0.2, 0) is 73.4 Å². The first-order valence-electron chi connectivity index (χ1n) is 35.1. The Kier molecular flexibility index (Phi) is 22.6. The van der Waals surface area contributed by atoms with E-state index in [1.54, 1.807) is 101 Å². The van der Waals surface area contributed by atoms with Crippen LogP contribution in [0.25, 0.3) is 21.7 Å². The number of para-hydroxylation sites is 1. The van der Waals surface area contributed by atoms with Crippen molar-refractivity contribution < 1.29 is 100 Å². The number of aromatic nitrogens is 2. The van der Waals surface area contributed by atoms with Gasteiger partial charge < -0.3 is 54.8 Å². The van der Waals surface area contributed by atoms with Gasteiger partial charge in [-0.15, -0.1) is 13.2 Å². The molecule has 10 atom stereocenters. The predicted octanol–water partition coefficient (Wildman–Crippen LogP) is 7.81. The fourth-order valence-corrected chi connectivity index (χ4v) is 15.4. The second-order valence-corrected chi connectivity index (χ2v) is 34.1. The predicted molar refractivity (Wildman–Crippen MR) is 377 cm³/mol. The van der Waals surface area contributed by atoms with Gasteiger partial charge in [0, 0.05) is 47.7 Å². The Balaban J connectivity index is 0.000000227. The van der Waals surface area contributed by atoms with Crippen molar-refractivity contribution in [1.82, 2.24) is 50.5 Å². The monoisotopic (exact) mass is 1520 g/mol. The first-order valence-corrected chi connectivity index (χ1v) is 37.9. The molecule has 0 radical (unpaired) electrons. The number of rotatable bonds is 24. The molecule has 578 valence electrons. The van der Waals surface area contributed by atoms with Gasteiger partial charge in [-0.05, 0) is 138 Å². The van der Waals surface area contributed by atoms with Crippen molar-refractivity contribution in [3.05, 3.63) is 91.7 Å². The Morgan fingerprint density at radius 1 is 0.651 bits per heavy atom. The number of fused-ring (bicyclic) bond motifs is 2. The summed E-state index contributed by atoms with van der Waals surface area (Å²) in [5.74, 6) is -5.65. The van der Waals surface area contributed by atoms with Crippen LogP contribution in [0, 0.1) is 22.7 Å². The number of nitrogens with one attached hydrogen (secondary N) is 6. The van der Waals surface area contributed by atoms with Crippen LogP contribution in [0.15, 0.2) is 86.1 Å². The summed E-state index contributed by atoms with van der Waals surface area (Å²) in [5, 5.41) is 12.0. The van der Waals surface area contributed by atoms with Crippen LogP contribution in [0.1, 0.15) is 152 Å². The van der Waals surface area contributed by atoms with Crippen LogP contribution in [0.5, 0.6) is 17.5 Å². The molecule has 5 saturated carbocycles. The molecule has 2 aromatic carbocycles. The van der Waals surface area contributed by atoms with E-state index in [2.05, 4.69) is 44.4 Å². The number of ether oxygens (including phenoxy) is 5. The second kappa shape index (κ2) is 30.0. The SMILES string of the molecule is C=C[C@@H]1C[C@]1(NC(=O)[C@@H]1C[C@@H](Oc2cc(C(F)(F)F)c3ccccc3n2)CN1C(=O)[C@@H](NC(=O)OC1CCCC1)C(C)(C)C)C(=O)NS(=O)(=O)OC1CC1.C=C[C@@H]1C[C@]1(NC(=O)[C@@H]1C[C@@H](Oc2nccc3cc(OC)ccc23)CN1C(=O)[C@@H](NC(=O)OC(C)(C)C)C(C)(C)C)C(=O)NS(=O)(=O)OC1(C)CC1. The third-order valence-electron chi connectivity index (χ3n) is 19.5. The van der Waals surface area contributed by atoms with Crippen LogP contribution < -0.4 is 44.9 Å². The molecule has 0 unspecified atom stereocenters. The quantitative estimate of drug-likeness (QED) is 0.0364. The number of carbonyl (C=O) groups is 8. The topological polar surface area (TPSA) is 374 Å². The fraction of sp³-hybridized carbons (Fsp3) is 0.583. The van der Waals surface area contributed by atoms with Gasteiger partial charge in [0.25, 0.3) is 11.8 Å². The van der Waals surface area contributed by atoms with Crippen molar-refractivity contribution in [2.24, 2.45) is 22.7 Å². The molecule has 0 spiro atoms. The lowest BCUT2D eigenvalue weighted by Gasteiger charge is -2.36. The molecule has 29 nitrogen and oxygen atoms in total. The van der Waals surface area contributed by atoms with E-state index in [0.717, 1.165) is 29.2 Å². The molecule has 4 aromatic rings. The number of hydrogen-bond acceptors (Lipinski definition) is 21. The van der Waals surface area contributed by atoms with Gasteiger partial charge >= 0.3 is 39.0 Å². The summed E-state index contributed by atoms with van der Waals surface area (Å²) in [6, 6.07) is 8.66. The van der Waals surface area contributed by atoms with E-state index in [-0.39, 0.29) is 61.7 Å². The fourth-order valence-electron chi connectivity index (χ4n) is 13.2. The Labute approximate surface area is 613 Å². The highest BCUT2D eigenvalue weighted by atomic mass is 32.2. The van der Waals surface area contributed by atoms with Crippen molar-refractivity contribution in [2.75, 3.05) is 20.2 Å². The maximum atomic E-state index is 14.5. The Bertz CT molecular complexity index is 4340. The van der Waals surface area contributed by atoms with E-state index >= 15 is 0 Å². The summed E-state index contributed by atoms with van der Waals surface area (Å²) in [6.45, 7) is 24.2. The van der Waals surface area contributed by atoms with Crippen molar-refractivity contribution in [1.29, 1.82) is 0 Å². The molecule has 34 heteroatoms. The standard InChI is InChI=1S/C36H44F3N5O9S.C36H49N5O10S/c1-5-20-18-35(20,32(47)43-54(49,50)53-22-14-15-22)42-30(45)27-16-23(51-28-17-25(36(37,38)39)24-12-8-9-13-26(24)40-28)19-44(27)31(46)29(34(2,3)4)41-33(48)52-21-10-6-7-11-21;1-10-22-19-36(22,31(44)40-52(46,47)51-35(8)14-15-35)39-28(42)26-18-24(49-29-25-12-11-23(48-9)17-21(25)13-16-37-29)20-41(26)30(43)27(33(2,3)4)38-32(45)50-34(5,6)7/h5,8-9,12-13,17,20-23,27,29H,1,6-7,10-11,14-16,18-19H2,2-4H3,(H,41,48)(H,42,45)(H,43,47);10-13,16-17,22,24,26-27H,1,14-15,18-20H2,2-9H3,(H,38,45)(H,39,42)(H,40,44)/t20-,23-,27+,29-,35-;22-,24-,26+,27-,36-/m11/s1. The maximum Gasteiger partial charge on any atom is 0.417 e. The number of methoxy groups -OCH3 is 1. The van der Waals surface area contributed by atoms with Crippen LogP contribution >= 0.6 is 0 Å². The van der Waals surface area contributed by atoms with Gasteiger partial charge in [-0.2, -0.15) is 30.0 Å². The largest absolute Gasteiger partial charge is 0.497 e. The zero-order valence-electron chi connectivity index (χ0n) is 61.0. The van der Waals surface area contributed by atoms with Gasteiger partial charge in [0.15, 0.2) is 0 Å². The molecular formula is C72H93F3N10O19S2. The van der Waals surface area contributed by atoms with Gasteiger partial charge in [-0.1, -0.05) is 71.9 Å². The van der Waals surface area contributed by atoms with Gasteiger partial charge in [0.1, 0.15) is 64.9 Å². The van der Waals surface area contributed by atoms with Gasteiger partial charge in [-0.3, -0.25) is 33.0 Å². The second-order valence-electron chi connectivity index (χ2n) is 31.5. The number of hydrogen-bond donors (Lipinski definition) is 6. The van der Waals surface area contributed by atoms with Crippen molar-refractivity contribution in [2.45, 2.75) is 223 Å². The van der Waals surface area contributed by atoms with E-state index in [1.165, 1.54) is 41.3 Å². The highest BCUT2D eigenvalue weighted by Gasteiger charge is 2.64. The highest BCUT2D eigenvalue weighted by Crippen LogP contribution is 2.48. The Morgan fingerprint density at radius 2 is 1.18 bits per heavy atom. The smallest absolute Gasteiger partial charge is 0.417 e. The van der Waals surface area contributed by atoms with E-state index in [9.17, 15) is 68.4 Å². The Hall–Kier alpha value is -8.89. The van der Waals surface area contributed by atoms with E-state index in [1.807, 2.05) is 15.5 Å². The molecule has 106 heavy (non-hydrogen) atoms. The lowest BCUT2D eigenvalue weighted by atomic mass is 9.85. The molecule has 2 aromatic heterocycles. The summed E-state index contributed by atoms with van der Waals surface area (Å²) < 4.78 is 135. The number of amides is 8. The minimum absolute atomic E-state index is 0.00593. The summed E-state index contributed by atoms with van der Waals surface area (Å²) in [5.41, 5.74) is -7.85. The molecule has 6 N–H and O–H groups in total. The van der Waals surface area contributed by atoms with Crippen LogP contribution in [0.3, 0.4) is 0 Å². The Morgan fingerprint density at radius 3 is 1.67 bits per heavy atom. The number of halogens is 3. The minimum Gasteiger partial charge on any atom is -0.497 e. The van der Waals surface area contributed by atoms with Gasteiger partial charge in [0.2, 0.25) is 35.4 Å². The third kappa shape index (κ3) is 19.1. The molecule has 0 bridgehead atoms. The number of carbonyl (C=O) groups excluding carboxylic acids is 8. The zero-order valence-corrected chi connectivity index (χ0v) is 62.6. The molecule has 2 aliphatic heterocycles. The van der Waals surface area contributed by atoms with Crippen molar-refractivity contribution in [3.8, 4) is 17.5 Å². The zero-order chi connectivity index (χ0) is 77.7. The number of pyridine rings is 2. The lowest BCUT2D eigenvalue weighted by Crippen LogP contribution is -2.60. The van der Waals surface area contributed by atoms with Crippen LogP contribution in [0.4, 0.5) is 22.8 Å². The molecule has 11 rings (SSSR count). The average Bonchev–Trinajstić information content (AvgIpc) is 1.58. The average molecular weight is 1520 g/mol. The first kappa shape index (κ1) is 79.7. The molecule has 7 fully saturated rings. The minimum atomic E-state index is -4.75. The maximum absolute atomic E-state index is 14.5. The van der Waals surface area contributed by atoms with E-state index in [4.69, 9.17) is 32.1 Å². The number of alkyl carbamates (subject to hydrolysis) is 2. The molecule has 4 heterocycles. The summed E-state index contributed by atoms with van der Waals surface area (Å²) >= 11 is 0. The van der Waals surface area contributed by atoms with Crippen LogP contribution in [-0.4, -0.2) is 175 Å². The van der Waals surface area contributed by atoms with Gasteiger partial charge in [0.05, 0.1) is 43.0 Å². The normalized spacial score (nSPS) is 24.7. The highest BCUT2D eigenvalue weighted by molar-refractivity contribution is 7.85. The van der Waals surface area contributed by atoms with Crippen molar-refractivity contribution >= 4 is 89.9 Å². The number of alkyl halides is 3. The first-order chi connectivity index (χ1) is 49.4. The van der Waals surface area contributed by atoms with Gasteiger partial charge in [-0.25, -0.2) is 33.2 Å². The van der Waals surface area contributed by atoms with Crippen LogP contribution in [0.2, 0.25) is 0 Å². The molecule has 7 aliphatic rings. The molecule has 8 amide bonds. The number of likely N-dealkylation sites (tertiary alicyclic amines) is 2. The van der Waals surface area contributed by atoms with E-state index < -0.39 is 173 Å².